The number of nitrogens with one attached hydrogen (secondary N) is 1. The summed E-state index contributed by atoms with van der Waals surface area (Å²) in [6.07, 6.45) is 5.08. The van der Waals surface area contributed by atoms with Crippen molar-refractivity contribution in [2.45, 2.75) is 31.8 Å². The number of anilines is 3. The Balaban J connectivity index is 1.75. The van der Waals surface area contributed by atoms with Crippen LogP contribution in [0, 0.1) is 0 Å². The molecular weight excluding hydrogens is 300 g/mol. The third kappa shape index (κ3) is 3.94. The molecule has 1 saturated carbocycles. The zero-order valence-electron chi connectivity index (χ0n) is 14.7. The normalized spacial score (nSPS) is 14.5. The highest BCUT2D eigenvalue weighted by molar-refractivity contribution is 5.65. The quantitative estimate of drug-likeness (QED) is 0.824. The van der Waals surface area contributed by atoms with Crippen LogP contribution in [0.2, 0.25) is 0 Å². The van der Waals surface area contributed by atoms with E-state index in [9.17, 15) is 0 Å². The van der Waals surface area contributed by atoms with E-state index >= 15 is 0 Å². The van der Waals surface area contributed by atoms with Gasteiger partial charge in [-0.25, -0.2) is 0 Å². The minimum atomic E-state index is 0.313. The second-order valence-electron chi connectivity index (χ2n) is 6.46. The van der Waals surface area contributed by atoms with Crippen LogP contribution >= 0.6 is 0 Å². The Kier molecular flexibility index (Phi) is 5.14. The molecule has 24 heavy (non-hydrogen) atoms. The second kappa shape index (κ2) is 7.47. The molecule has 0 amide bonds. The van der Waals surface area contributed by atoms with Crippen molar-refractivity contribution >= 4 is 17.1 Å². The van der Waals surface area contributed by atoms with Gasteiger partial charge in [0.25, 0.3) is 0 Å². The smallest absolute Gasteiger partial charge is 0.163 e. The average Bonchev–Trinajstić information content (AvgIpc) is 3.09. The van der Waals surface area contributed by atoms with Crippen LogP contribution in [0.3, 0.4) is 0 Å². The van der Waals surface area contributed by atoms with E-state index in [1.807, 2.05) is 32.3 Å². The lowest BCUT2D eigenvalue weighted by Gasteiger charge is -2.17. The lowest BCUT2D eigenvalue weighted by molar-refractivity contribution is 0.201. The third-order valence-electron chi connectivity index (χ3n) is 4.43. The number of rotatable bonds is 6. The van der Waals surface area contributed by atoms with Crippen molar-refractivity contribution in [3.63, 3.8) is 0 Å². The number of hydrogen-bond donors (Lipinski definition) is 1. The van der Waals surface area contributed by atoms with E-state index in [1.54, 1.807) is 7.11 Å². The van der Waals surface area contributed by atoms with Crippen LogP contribution in [0.15, 0.2) is 42.5 Å². The highest BCUT2D eigenvalue weighted by Gasteiger charge is 2.18. The maximum absolute atomic E-state index is 6.15. The molecular formula is C20H26N2O2. The molecule has 1 fully saturated rings. The van der Waals surface area contributed by atoms with E-state index in [0.717, 1.165) is 35.7 Å². The average molecular weight is 326 g/mol. The predicted octanol–water partition coefficient (Wildman–Crippen LogP) is 4.83. The van der Waals surface area contributed by atoms with Crippen LogP contribution in [0.5, 0.6) is 11.5 Å². The van der Waals surface area contributed by atoms with Gasteiger partial charge in [0.15, 0.2) is 11.5 Å². The maximum Gasteiger partial charge on any atom is 0.163 e. The molecule has 3 rings (SSSR count). The Morgan fingerprint density at radius 2 is 1.58 bits per heavy atom. The molecule has 0 radical (unpaired) electrons. The molecule has 0 bridgehead atoms. The fourth-order valence-electron chi connectivity index (χ4n) is 3.04. The van der Waals surface area contributed by atoms with E-state index in [-0.39, 0.29) is 0 Å². The molecule has 2 aromatic rings. The van der Waals surface area contributed by atoms with Gasteiger partial charge in [0, 0.05) is 37.2 Å². The first kappa shape index (κ1) is 16.5. The Morgan fingerprint density at radius 1 is 0.917 bits per heavy atom. The molecule has 1 aliphatic rings. The standard InChI is InChI=1S/C20H26N2O2/c1-22(2)17-11-8-15(9-12-17)21-16-10-13-19(23-3)20(14-16)24-18-6-4-5-7-18/h8-14,18,21H,4-7H2,1-3H3. The number of hydrogen-bond acceptors (Lipinski definition) is 4. The highest BCUT2D eigenvalue weighted by atomic mass is 16.5. The SMILES string of the molecule is COc1ccc(Nc2ccc(N(C)C)cc2)cc1OC1CCCC1. The van der Waals surface area contributed by atoms with Gasteiger partial charge in [-0.15, -0.1) is 0 Å². The van der Waals surface area contributed by atoms with Gasteiger partial charge in [0.2, 0.25) is 0 Å². The maximum atomic E-state index is 6.15. The van der Waals surface area contributed by atoms with E-state index < -0.39 is 0 Å². The Labute approximate surface area is 144 Å². The molecule has 2 aromatic carbocycles. The molecule has 4 heteroatoms. The minimum absolute atomic E-state index is 0.313. The first-order valence-corrected chi connectivity index (χ1v) is 8.55. The predicted molar refractivity (Wildman–Crippen MR) is 99.9 cm³/mol. The van der Waals surface area contributed by atoms with Crippen LogP contribution in [0.4, 0.5) is 17.1 Å². The highest BCUT2D eigenvalue weighted by Crippen LogP contribution is 2.34. The van der Waals surface area contributed by atoms with Gasteiger partial charge in [-0.2, -0.15) is 0 Å². The molecule has 0 atom stereocenters. The summed E-state index contributed by atoms with van der Waals surface area (Å²) in [6, 6.07) is 14.4. The van der Waals surface area contributed by atoms with Gasteiger partial charge in [0.1, 0.15) is 0 Å². The second-order valence-corrected chi connectivity index (χ2v) is 6.46. The summed E-state index contributed by atoms with van der Waals surface area (Å²) in [5.41, 5.74) is 3.24. The third-order valence-corrected chi connectivity index (χ3v) is 4.43. The summed E-state index contributed by atoms with van der Waals surface area (Å²) < 4.78 is 11.6. The van der Waals surface area contributed by atoms with Gasteiger partial charge < -0.3 is 19.7 Å². The summed E-state index contributed by atoms with van der Waals surface area (Å²) in [5, 5.41) is 3.43. The summed E-state index contributed by atoms with van der Waals surface area (Å²) in [6.45, 7) is 0. The fraction of sp³-hybridized carbons (Fsp3) is 0.400. The van der Waals surface area contributed by atoms with Crippen molar-refractivity contribution in [1.82, 2.24) is 0 Å². The number of methoxy groups -OCH3 is 1. The van der Waals surface area contributed by atoms with Crippen molar-refractivity contribution in [1.29, 1.82) is 0 Å². The lowest BCUT2D eigenvalue weighted by Crippen LogP contribution is -2.11. The Bertz CT molecular complexity index is 662. The number of benzene rings is 2. The van der Waals surface area contributed by atoms with Crippen molar-refractivity contribution in [2.24, 2.45) is 0 Å². The molecule has 0 aliphatic heterocycles. The van der Waals surface area contributed by atoms with Gasteiger partial charge in [-0.1, -0.05) is 0 Å². The molecule has 0 spiro atoms. The van der Waals surface area contributed by atoms with Crippen LogP contribution in [-0.2, 0) is 0 Å². The lowest BCUT2D eigenvalue weighted by atomic mass is 10.2. The van der Waals surface area contributed by atoms with E-state index in [1.165, 1.54) is 18.5 Å². The summed E-state index contributed by atoms with van der Waals surface area (Å²) >= 11 is 0. The summed E-state index contributed by atoms with van der Waals surface area (Å²) in [5.74, 6) is 1.61. The minimum Gasteiger partial charge on any atom is -0.493 e. The van der Waals surface area contributed by atoms with Gasteiger partial charge in [-0.05, 0) is 62.1 Å². The van der Waals surface area contributed by atoms with E-state index in [2.05, 4.69) is 34.5 Å². The van der Waals surface area contributed by atoms with Crippen LogP contribution < -0.4 is 19.7 Å². The molecule has 4 nitrogen and oxygen atoms in total. The van der Waals surface area contributed by atoms with Crippen molar-refractivity contribution < 1.29 is 9.47 Å². The van der Waals surface area contributed by atoms with Crippen molar-refractivity contribution in [2.75, 3.05) is 31.4 Å². The summed E-state index contributed by atoms with van der Waals surface area (Å²) in [4.78, 5) is 2.09. The van der Waals surface area contributed by atoms with E-state index in [4.69, 9.17) is 9.47 Å². The van der Waals surface area contributed by atoms with Crippen molar-refractivity contribution in [3.05, 3.63) is 42.5 Å². The van der Waals surface area contributed by atoms with Gasteiger partial charge >= 0.3 is 0 Å². The molecule has 0 heterocycles. The van der Waals surface area contributed by atoms with Crippen molar-refractivity contribution in [3.8, 4) is 11.5 Å². The monoisotopic (exact) mass is 326 g/mol. The molecule has 0 saturated heterocycles. The largest absolute Gasteiger partial charge is 0.493 e. The first-order chi connectivity index (χ1) is 11.7. The zero-order valence-corrected chi connectivity index (χ0v) is 14.7. The molecule has 1 aliphatic carbocycles. The first-order valence-electron chi connectivity index (χ1n) is 8.55. The Morgan fingerprint density at radius 3 is 2.21 bits per heavy atom. The molecule has 0 unspecified atom stereocenters. The molecule has 128 valence electrons. The van der Waals surface area contributed by atoms with Crippen LogP contribution in [0.25, 0.3) is 0 Å². The molecule has 1 N–H and O–H groups in total. The fourth-order valence-corrected chi connectivity index (χ4v) is 3.04. The van der Waals surface area contributed by atoms with Gasteiger partial charge in [0.05, 0.1) is 13.2 Å². The number of ether oxygens (including phenoxy) is 2. The number of nitrogens with zero attached hydrogens (tertiary/aromatic N) is 1. The molecule has 0 aromatic heterocycles. The summed E-state index contributed by atoms with van der Waals surface area (Å²) in [7, 11) is 5.76. The Hall–Kier alpha value is -2.36. The topological polar surface area (TPSA) is 33.7 Å². The van der Waals surface area contributed by atoms with Gasteiger partial charge in [-0.3, -0.25) is 0 Å². The zero-order chi connectivity index (χ0) is 16.9. The van der Waals surface area contributed by atoms with Crippen LogP contribution in [-0.4, -0.2) is 27.3 Å². The van der Waals surface area contributed by atoms with Crippen LogP contribution in [0.1, 0.15) is 25.7 Å². The van der Waals surface area contributed by atoms with E-state index in [0.29, 0.717) is 6.10 Å².